The fourth-order valence-corrected chi connectivity index (χ4v) is 2.46. The summed E-state index contributed by atoms with van der Waals surface area (Å²) >= 11 is 0. The zero-order chi connectivity index (χ0) is 17.7. The Morgan fingerprint density at radius 1 is 1.38 bits per heavy atom. The predicted molar refractivity (Wildman–Crippen MR) is 90.6 cm³/mol. The van der Waals surface area contributed by atoms with Crippen molar-refractivity contribution < 1.29 is 4.79 Å². The minimum Gasteiger partial charge on any atom is -0.348 e. The van der Waals surface area contributed by atoms with Crippen molar-refractivity contribution in [2.45, 2.75) is 39.8 Å². The summed E-state index contributed by atoms with van der Waals surface area (Å²) in [6.07, 6.45) is 5.56. The van der Waals surface area contributed by atoms with Crippen LogP contribution in [0.15, 0.2) is 40.3 Å². The fraction of sp³-hybridized carbons (Fsp3) is 0.412. The predicted octanol–water partition coefficient (Wildman–Crippen LogP) is 1.14. The average molecular weight is 330 g/mol. The van der Waals surface area contributed by atoms with Crippen molar-refractivity contribution in [3.63, 3.8) is 0 Å². The van der Waals surface area contributed by atoms with Crippen molar-refractivity contribution in [3.8, 4) is 0 Å². The van der Waals surface area contributed by atoms with Crippen LogP contribution in [0.2, 0.25) is 0 Å². The Bertz CT molecular complexity index is 809. The molecule has 128 valence electrons. The Hall–Kier alpha value is -2.70. The van der Waals surface area contributed by atoms with Gasteiger partial charge in [-0.3, -0.25) is 24.1 Å². The highest BCUT2D eigenvalue weighted by atomic mass is 16.2. The van der Waals surface area contributed by atoms with Crippen LogP contribution in [0.1, 0.15) is 37.4 Å². The highest BCUT2D eigenvalue weighted by molar-refractivity contribution is 5.76. The molecule has 0 aliphatic carbocycles. The second-order valence-corrected chi connectivity index (χ2v) is 6.24. The van der Waals surface area contributed by atoms with Crippen LogP contribution in [0.25, 0.3) is 0 Å². The van der Waals surface area contributed by atoms with Gasteiger partial charge in [-0.25, -0.2) is 4.79 Å². The van der Waals surface area contributed by atoms with Crippen molar-refractivity contribution >= 4 is 5.91 Å². The van der Waals surface area contributed by atoms with E-state index in [1.165, 1.54) is 10.8 Å². The molecular formula is C17H22N4O3. The topological polar surface area (TPSA) is 96.8 Å². The third-order valence-corrected chi connectivity index (χ3v) is 3.63. The molecule has 2 aromatic heterocycles. The molecule has 2 rings (SSSR count). The van der Waals surface area contributed by atoms with Gasteiger partial charge in [0, 0.05) is 24.2 Å². The van der Waals surface area contributed by atoms with Crippen molar-refractivity contribution in [2.24, 2.45) is 5.92 Å². The Labute approximate surface area is 139 Å². The number of pyridine rings is 1. The molecule has 1 atom stereocenters. The van der Waals surface area contributed by atoms with E-state index in [9.17, 15) is 14.4 Å². The van der Waals surface area contributed by atoms with Gasteiger partial charge in [0.1, 0.15) is 6.54 Å². The number of carbonyl (C=O) groups excluding carboxylic acids is 1. The number of H-pyrrole nitrogens is 1. The van der Waals surface area contributed by atoms with Crippen LogP contribution < -0.4 is 16.6 Å². The quantitative estimate of drug-likeness (QED) is 0.830. The van der Waals surface area contributed by atoms with E-state index in [0.717, 1.165) is 12.0 Å². The lowest BCUT2D eigenvalue weighted by molar-refractivity contribution is -0.122. The molecule has 0 aliphatic rings. The number of nitrogens with zero attached hydrogens (tertiary/aromatic N) is 2. The van der Waals surface area contributed by atoms with Gasteiger partial charge in [0.05, 0.1) is 6.04 Å². The number of nitrogens with one attached hydrogen (secondary N) is 2. The first-order valence-corrected chi connectivity index (χ1v) is 7.86. The molecule has 0 saturated carbocycles. The summed E-state index contributed by atoms with van der Waals surface area (Å²) in [6.45, 7) is 5.59. The Morgan fingerprint density at radius 3 is 2.75 bits per heavy atom. The largest absolute Gasteiger partial charge is 0.348 e. The Balaban J connectivity index is 2.15. The zero-order valence-corrected chi connectivity index (χ0v) is 14.1. The third kappa shape index (κ3) is 4.65. The number of hydrogen-bond acceptors (Lipinski definition) is 4. The molecule has 7 nitrogen and oxygen atoms in total. The van der Waals surface area contributed by atoms with Crippen LogP contribution in [0.3, 0.4) is 0 Å². The smallest absolute Gasteiger partial charge is 0.328 e. The van der Waals surface area contributed by atoms with Gasteiger partial charge in [0.25, 0.3) is 5.56 Å². The summed E-state index contributed by atoms with van der Waals surface area (Å²) in [5.74, 6) is 0.0894. The van der Waals surface area contributed by atoms with E-state index in [2.05, 4.69) is 29.1 Å². The Morgan fingerprint density at radius 2 is 2.12 bits per heavy atom. The summed E-state index contributed by atoms with van der Waals surface area (Å²) < 4.78 is 1.20. The van der Waals surface area contributed by atoms with Gasteiger partial charge >= 0.3 is 5.69 Å². The first kappa shape index (κ1) is 17.7. The molecule has 0 saturated heterocycles. The van der Waals surface area contributed by atoms with Crippen LogP contribution in [-0.4, -0.2) is 20.4 Å². The number of amides is 1. The van der Waals surface area contributed by atoms with Crippen LogP contribution in [0.5, 0.6) is 0 Å². The first-order valence-electron chi connectivity index (χ1n) is 7.86. The zero-order valence-electron chi connectivity index (χ0n) is 14.1. The molecule has 0 spiro atoms. The number of rotatable bonds is 6. The molecule has 0 radical (unpaired) electrons. The summed E-state index contributed by atoms with van der Waals surface area (Å²) in [5, 5.41) is 2.94. The number of carbonyl (C=O) groups is 1. The molecule has 0 aliphatic heterocycles. The second kappa shape index (κ2) is 7.72. The second-order valence-electron chi connectivity index (χ2n) is 6.24. The van der Waals surface area contributed by atoms with E-state index < -0.39 is 11.2 Å². The maximum atomic E-state index is 12.3. The third-order valence-electron chi connectivity index (χ3n) is 3.63. The van der Waals surface area contributed by atoms with Crippen LogP contribution in [0, 0.1) is 12.8 Å². The van der Waals surface area contributed by atoms with Gasteiger partial charge in [0.2, 0.25) is 5.91 Å². The summed E-state index contributed by atoms with van der Waals surface area (Å²) in [7, 11) is 0. The molecule has 2 aromatic rings. The molecule has 24 heavy (non-hydrogen) atoms. The lowest BCUT2D eigenvalue weighted by Gasteiger charge is -2.21. The minimum atomic E-state index is -0.595. The minimum absolute atomic E-state index is 0.148. The van der Waals surface area contributed by atoms with Gasteiger partial charge in [-0.15, -0.1) is 0 Å². The number of aromatic amines is 1. The monoisotopic (exact) mass is 330 g/mol. The van der Waals surface area contributed by atoms with Crippen molar-refractivity contribution in [1.82, 2.24) is 19.9 Å². The van der Waals surface area contributed by atoms with Gasteiger partial charge in [-0.2, -0.15) is 0 Å². The van der Waals surface area contributed by atoms with E-state index in [1.807, 2.05) is 12.1 Å². The van der Waals surface area contributed by atoms with E-state index in [4.69, 9.17) is 0 Å². The van der Waals surface area contributed by atoms with Gasteiger partial charge in [-0.05, 0) is 30.9 Å². The number of aryl methyl sites for hydroxylation is 1. The van der Waals surface area contributed by atoms with Crippen molar-refractivity contribution in [3.05, 3.63) is 62.7 Å². The fourth-order valence-electron chi connectivity index (χ4n) is 2.46. The molecule has 2 heterocycles. The maximum Gasteiger partial charge on any atom is 0.328 e. The van der Waals surface area contributed by atoms with E-state index in [-0.39, 0.29) is 18.5 Å². The van der Waals surface area contributed by atoms with Gasteiger partial charge < -0.3 is 5.32 Å². The normalized spacial score (nSPS) is 12.2. The van der Waals surface area contributed by atoms with Crippen molar-refractivity contribution in [2.75, 3.05) is 0 Å². The number of aromatic nitrogens is 3. The average Bonchev–Trinajstić information content (AvgIpc) is 2.52. The summed E-state index contributed by atoms with van der Waals surface area (Å²) in [6, 6.07) is 3.56. The van der Waals surface area contributed by atoms with E-state index in [0.29, 0.717) is 11.5 Å². The molecular weight excluding hydrogens is 308 g/mol. The summed E-state index contributed by atoms with van der Waals surface area (Å²) in [5.41, 5.74) is 0.269. The molecule has 1 amide bonds. The molecule has 2 N–H and O–H groups in total. The molecule has 0 bridgehead atoms. The van der Waals surface area contributed by atoms with Crippen molar-refractivity contribution in [1.29, 1.82) is 0 Å². The van der Waals surface area contributed by atoms with Crippen LogP contribution in [0.4, 0.5) is 0 Å². The molecule has 7 heteroatoms. The van der Waals surface area contributed by atoms with Crippen LogP contribution >= 0.6 is 0 Å². The molecule has 0 fully saturated rings. The highest BCUT2D eigenvalue weighted by Crippen LogP contribution is 2.20. The SMILES string of the molecule is Cc1cn(CC(=O)N[C@@H](CC(C)C)c2cccnc2)c(=O)[nH]c1=O. The molecule has 0 unspecified atom stereocenters. The number of hydrogen-bond donors (Lipinski definition) is 2. The first-order chi connectivity index (χ1) is 11.4. The lowest BCUT2D eigenvalue weighted by Crippen LogP contribution is -2.38. The lowest BCUT2D eigenvalue weighted by atomic mass is 9.98. The van der Waals surface area contributed by atoms with Crippen LogP contribution in [-0.2, 0) is 11.3 Å². The highest BCUT2D eigenvalue weighted by Gasteiger charge is 2.17. The van der Waals surface area contributed by atoms with E-state index in [1.54, 1.807) is 19.3 Å². The Kier molecular flexibility index (Phi) is 5.68. The van der Waals surface area contributed by atoms with E-state index >= 15 is 0 Å². The maximum absolute atomic E-state index is 12.3. The molecule has 0 aromatic carbocycles. The van der Waals surface area contributed by atoms with Gasteiger partial charge in [-0.1, -0.05) is 19.9 Å². The summed E-state index contributed by atoms with van der Waals surface area (Å²) in [4.78, 5) is 41.8. The standard InChI is InChI=1S/C17H22N4O3/c1-11(2)7-14(13-5-4-6-18-8-13)19-15(22)10-21-9-12(3)16(23)20-17(21)24/h4-6,8-9,11,14H,7,10H2,1-3H3,(H,19,22)(H,20,23,24)/t14-/m0/s1. The van der Waals surface area contributed by atoms with Gasteiger partial charge in [0.15, 0.2) is 0 Å².